The molecule has 3 N–H and O–H groups in total. The second kappa shape index (κ2) is 7.65. The molecule has 1 atom stereocenters. The van der Waals surface area contributed by atoms with E-state index in [9.17, 15) is 9.59 Å². The topological polar surface area (TPSA) is 92.1 Å². The molecular formula is C20H20N4O2. The number of hydrogen-bond acceptors (Lipinski definition) is 3. The maximum atomic E-state index is 13.1. The maximum absolute atomic E-state index is 13.1. The number of primary amides is 1. The molecular weight excluding hydrogens is 328 g/mol. The Labute approximate surface area is 151 Å². The molecule has 2 aromatic heterocycles. The molecule has 0 aliphatic rings. The molecule has 0 saturated heterocycles. The number of pyridine rings is 1. The summed E-state index contributed by atoms with van der Waals surface area (Å²) in [5.41, 5.74) is 7.67. The molecule has 2 heterocycles. The van der Waals surface area contributed by atoms with E-state index in [1.54, 1.807) is 11.1 Å². The van der Waals surface area contributed by atoms with Crippen molar-refractivity contribution < 1.29 is 9.59 Å². The van der Waals surface area contributed by atoms with Gasteiger partial charge in [0.05, 0.1) is 17.3 Å². The highest BCUT2D eigenvalue weighted by atomic mass is 16.2. The minimum Gasteiger partial charge on any atom is -0.366 e. The van der Waals surface area contributed by atoms with Gasteiger partial charge < -0.3 is 15.6 Å². The van der Waals surface area contributed by atoms with E-state index in [4.69, 9.17) is 5.73 Å². The van der Waals surface area contributed by atoms with Gasteiger partial charge in [-0.25, -0.2) is 0 Å². The van der Waals surface area contributed by atoms with Crippen LogP contribution in [0.2, 0.25) is 0 Å². The molecule has 3 rings (SSSR count). The third kappa shape index (κ3) is 3.80. The third-order valence-corrected chi connectivity index (χ3v) is 4.24. The number of nitrogens with one attached hydrogen (secondary N) is 1. The Morgan fingerprint density at radius 3 is 2.50 bits per heavy atom. The van der Waals surface area contributed by atoms with E-state index < -0.39 is 5.91 Å². The van der Waals surface area contributed by atoms with E-state index in [0.29, 0.717) is 12.2 Å². The summed E-state index contributed by atoms with van der Waals surface area (Å²) in [4.78, 5) is 33.4. The predicted molar refractivity (Wildman–Crippen MR) is 98.3 cm³/mol. The number of carbonyl (C=O) groups is 2. The molecule has 3 aromatic rings. The number of nitrogens with zero attached hydrogens (tertiary/aromatic N) is 2. The smallest absolute Gasteiger partial charge is 0.271 e. The van der Waals surface area contributed by atoms with Crippen molar-refractivity contribution in [2.24, 2.45) is 5.73 Å². The van der Waals surface area contributed by atoms with Crippen molar-refractivity contribution in [3.05, 3.63) is 89.5 Å². The van der Waals surface area contributed by atoms with E-state index in [1.165, 1.54) is 12.3 Å². The van der Waals surface area contributed by atoms with Gasteiger partial charge in [-0.15, -0.1) is 0 Å². The summed E-state index contributed by atoms with van der Waals surface area (Å²) in [6.45, 7) is 2.35. The minimum absolute atomic E-state index is 0.223. The molecule has 6 nitrogen and oxygen atoms in total. The van der Waals surface area contributed by atoms with Crippen LogP contribution in [0.5, 0.6) is 0 Å². The first-order valence-corrected chi connectivity index (χ1v) is 8.30. The highest BCUT2D eigenvalue weighted by Crippen LogP contribution is 2.23. The fourth-order valence-corrected chi connectivity index (χ4v) is 2.76. The Morgan fingerprint density at radius 1 is 1.15 bits per heavy atom. The maximum Gasteiger partial charge on any atom is 0.271 e. The zero-order chi connectivity index (χ0) is 18.5. The van der Waals surface area contributed by atoms with Gasteiger partial charge in [0.25, 0.3) is 5.91 Å². The van der Waals surface area contributed by atoms with Crippen molar-refractivity contribution >= 4 is 11.8 Å². The van der Waals surface area contributed by atoms with Gasteiger partial charge in [0, 0.05) is 18.9 Å². The zero-order valence-corrected chi connectivity index (χ0v) is 14.4. The van der Waals surface area contributed by atoms with Gasteiger partial charge in [-0.1, -0.05) is 36.4 Å². The molecule has 6 heteroatoms. The number of aromatic nitrogens is 2. The summed E-state index contributed by atoms with van der Waals surface area (Å²) in [6, 6.07) is 16.6. The lowest BCUT2D eigenvalue weighted by atomic mass is 10.1. The van der Waals surface area contributed by atoms with Crippen LogP contribution in [-0.2, 0) is 6.54 Å². The number of nitrogens with two attached hydrogens (primary N) is 1. The van der Waals surface area contributed by atoms with E-state index >= 15 is 0 Å². The van der Waals surface area contributed by atoms with Gasteiger partial charge in [0.1, 0.15) is 5.69 Å². The van der Waals surface area contributed by atoms with Crippen LogP contribution in [0.3, 0.4) is 0 Å². The van der Waals surface area contributed by atoms with Crippen molar-refractivity contribution in [2.45, 2.75) is 19.5 Å². The van der Waals surface area contributed by atoms with Crippen molar-refractivity contribution in [3.8, 4) is 0 Å². The normalized spacial score (nSPS) is 11.7. The van der Waals surface area contributed by atoms with Crippen LogP contribution in [-0.4, -0.2) is 26.7 Å². The molecule has 1 aromatic carbocycles. The molecule has 0 aliphatic heterocycles. The Balaban J connectivity index is 1.93. The molecule has 0 saturated carbocycles. The zero-order valence-electron chi connectivity index (χ0n) is 14.4. The number of carbonyl (C=O) groups excluding carboxylic acids is 2. The summed E-state index contributed by atoms with van der Waals surface area (Å²) in [5.74, 6) is -0.799. The molecule has 0 fully saturated rings. The number of rotatable bonds is 6. The summed E-state index contributed by atoms with van der Waals surface area (Å²) in [6.07, 6.45) is 3.15. The Bertz CT molecular complexity index is 890. The van der Waals surface area contributed by atoms with Crippen LogP contribution in [0.15, 0.2) is 67.0 Å². The van der Waals surface area contributed by atoms with Crippen molar-refractivity contribution in [1.82, 2.24) is 14.9 Å². The first-order chi connectivity index (χ1) is 12.6. The lowest BCUT2D eigenvalue weighted by molar-refractivity contribution is 0.0665. The van der Waals surface area contributed by atoms with Crippen LogP contribution in [0, 0.1) is 0 Å². The van der Waals surface area contributed by atoms with Crippen molar-refractivity contribution in [1.29, 1.82) is 0 Å². The average Bonchev–Trinajstić information content (AvgIpc) is 3.17. The van der Waals surface area contributed by atoms with Gasteiger partial charge in [0.2, 0.25) is 5.91 Å². The molecule has 0 bridgehead atoms. The highest BCUT2D eigenvalue weighted by Gasteiger charge is 2.25. The van der Waals surface area contributed by atoms with E-state index in [2.05, 4.69) is 9.97 Å². The van der Waals surface area contributed by atoms with Gasteiger partial charge >= 0.3 is 0 Å². The van der Waals surface area contributed by atoms with Crippen LogP contribution in [0.4, 0.5) is 0 Å². The highest BCUT2D eigenvalue weighted by molar-refractivity contribution is 5.98. The van der Waals surface area contributed by atoms with Gasteiger partial charge in [-0.3, -0.25) is 14.6 Å². The van der Waals surface area contributed by atoms with Crippen LogP contribution >= 0.6 is 0 Å². The first-order valence-electron chi connectivity index (χ1n) is 8.30. The molecule has 26 heavy (non-hydrogen) atoms. The molecule has 132 valence electrons. The minimum atomic E-state index is -0.576. The summed E-state index contributed by atoms with van der Waals surface area (Å²) in [5, 5.41) is 0. The second-order valence-corrected chi connectivity index (χ2v) is 6.02. The molecule has 0 aliphatic carbocycles. The standard InChI is InChI=1S/C20H20N4O2/c1-14(17-9-5-6-10-22-17)24(13-15-7-3-2-4-8-15)20(26)18-11-16(12-23-18)19(21)25/h2-12,14,23H,13H2,1H3,(H2,21,25)/t14-/m1/s1. The van der Waals surface area contributed by atoms with Crippen LogP contribution in [0.1, 0.15) is 45.1 Å². The predicted octanol–water partition coefficient (Wildman–Crippen LogP) is 2.91. The molecule has 0 radical (unpaired) electrons. The van der Waals surface area contributed by atoms with E-state index in [0.717, 1.165) is 11.3 Å². The first kappa shape index (κ1) is 17.4. The Hall–Kier alpha value is -3.41. The third-order valence-electron chi connectivity index (χ3n) is 4.24. The molecule has 0 spiro atoms. The summed E-state index contributed by atoms with van der Waals surface area (Å²) >= 11 is 0. The Morgan fingerprint density at radius 2 is 1.88 bits per heavy atom. The average molecular weight is 348 g/mol. The number of aromatic amines is 1. The molecule has 0 unspecified atom stereocenters. The number of hydrogen-bond donors (Lipinski definition) is 2. The van der Waals surface area contributed by atoms with E-state index in [1.807, 2.05) is 55.5 Å². The second-order valence-electron chi connectivity index (χ2n) is 6.02. The number of benzene rings is 1. The fourth-order valence-electron chi connectivity index (χ4n) is 2.76. The number of amides is 2. The summed E-state index contributed by atoms with van der Waals surface area (Å²) in [7, 11) is 0. The van der Waals surface area contributed by atoms with Gasteiger partial charge in [0.15, 0.2) is 0 Å². The fraction of sp³-hybridized carbons (Fsp3) is 0.150. The monoisotopic (exact) mass is 348 g/mol. The quantitative estimate of drug-likeness (QED) is 0.717. The summed E-state index contributed by atoms with van der Waals surface area (Å²) < 4.78 is 0. The number of H-pyrrole nitrogens is 1. The molecule has 2 amide bonds. The lowest BCUT2D eigenvalue weighted by Gasteiger charge is -2.29. The van der Waals surface area contributed by atoms with Gasteiger partial charge in [-0.05, 0) is 30.7 Å². The largest absolute Gasteiger partial charge is 0.366 e. The SMILES string of the molecule is C[C@H](c1ccccn1)N(Cc1ccccc1)C(=O)c1cc(C(N)=O)c[nH]1. The van der Waals surface area contributed by atoms with Crippen LogP contribution in [0.25, 0.3) is 0 Å². The van der Waals surface area contributed by atoms with Crippen molar-refractivity contribution in [3.63, 3.8) is 0 Å². The van der Waals surface area contributed by atoms with Crippen molar-refractivity contribution in [2.75, 3.05) is 0 Å². The van der Waals surface area contributed by atoms with Crippen LogP contribution < -0.4 is 5.73 Å². The Kier molecular flexibility index (Phi) is 5.12. The van der Waals surface area contributed by atoms with Gasteiger partial charge in [-0.2, -0.15) is 0 Å². The lowest BCUT2D eigenvalue weighted by Crippen LogP contribution is -2.33. The van der Waals surface area contributed by atoms with E-state index in [-0.39, 0.29) is 17.5 Å².